The van der Waals surface area contributed by atoms with E-state index in [9.17, 15) is 14.4 Å². The Morgan fingerprint density at radius 2 is 2.06 bits per heavy atom. The zero-order valence-corrected chi connectivity index (χ0v) is 18.8. The molecule has 3 rings (SSSR count). The van der Waals surface area contributed by atoms with E-state index in [1.807, 2.05) is 6.92 Å². The molecule has 0 spiro atoms. The summed E-state index contributed by atoms with van der Waals surface area (Å²) in [5.41, 5.74) is 2.62. The molecule has 1 aliphatic heterocycles. The molecule has 1 N–H and O–H groups in total. The maximum Gasteiger partial charge on any atom is 0.242 e. The van der Waals surface area contributed by atoms with Crippen molar-refractivity contribution in [2.24, 2.45) is 4.99 Å². The normalized spacial score (nSPS) is 17.1. The molecule has 0 unspecified atom stereocenters. The fourth-order valence-corrected chi connectivity index (χ4v) is 4.45. The first-order chi connectivity index (χ1) is 14.8. The van der Waals surface area contributed by atoms with E-state index in [0.29, 0.717) is 33.7 Å². The number of aryl methyl sites for hydroxylation is 1. The highest BCUT2D eigenvalue weighted by atomic mass is 35.5. The van der Waals surface area contributed by atoms with Gasteiger partial charge in [0.1, 0.15) is 5.25 Å². The SMILES string of the molecule is C=CCN1C(=O)[C@@H](CC(=O)Nc2cccc(C(C)=O)c2)SC1=Nc1ccc(Cl)cc1C. The Labute approximate surface area is 190 Å². The van der Waals surface area contributed by atoms with E-state index in [4.69, 9.17) is 11.6 Å². The van der Waals surface area contributed by atoms with Crippen LogP contribution >= 0.6 is 23.4 Å². The lowest BCUT2D eigenvalue weighted by Gasteiger charge is -2.14. The van der Waals surface area contributed by atoms with Crippen LogP contribution in [0.1, 0.15) is 29.3 Å². The molecule has 160 valence electrons. The first-order valence-corrected chi connectivity index (χ1v) is 10.9. The zero-order chi connectivity index (χ0) is 22.5. The summed E-state index contributed by atoms with van der Waals surface area (Å²) in [6.45, 7) is 7.37. The minimum Gasteiger partial charge on any atom is -0.326 e. The summed E-state index contributed by atoms with van der Waals surface area (Å²) in [6, 6.07) is 12.0. The smallest absolute Gasteiger partial charge is 0.242 e. The van der Waals surface area contributed by atoms with Gasteiger partial charge in [0.25, 0.3) is 0 Å². The van der Waals surface area contributed by atoms with Gasteiger partial charge in [0, 0.05) is 29.2 Å². The summed E-state index contributed by atoms with van der Waals surface area (Å²) >= 11 is 7.27. The number of halogens is 1. The van der Waals surface area contributed by atoms with Crippen LogP contribution in [-0.2, 0) is 9.59 Å². The van der Waals surface area contributed by atoms with Crippen molar-refractivity contribution in [3.05, 3.63) is 71.3 Å². The largest absolute Gasteiger partial charge is 0.326 e. The highest BCUT2D eigenvalue weighted by molar-refractivity contribution is 8.15. The van der Waals surface area contributed by atoms with Crippen LogP contribution in [0.2, 0.25) is 5.02 Å². The molecule has 0 aliphatic carbocycles. The van der Waals surface area contributed by atoms with Gasteiger partial charge in [-0.1, -0.05) is 41.6 Å². The number of carbonyl (C=O) groups excluding carboxylic acids is 3. The number of aliphatic imine (C=N–C) groups is 1. The van der Waals surface area contributed by atoms with Gasteiger partial charge >= 0.3 is 0 Å². The van der Waals surface area contributed by atoms with Crippen molar-refractivity contribution >= 4 is 57.5 Å². The number of thioether (sulfide) groups is 1. The molecular weight excluding hydrogens is 434 g/mol. The molecule has 2 aromatic rings. The summed E-state index contributed by atoms with van der Waals surface area (Å²) in [5, 5.41) is 3.30. The Morgan fingerprint density at radius 3 is 2.74 bits per heavy atom. The molecule has 0 aromatic heterocycles. The monoisotopic (exact) mass is 455 g/mol. The van der Waals surface area contributed by atoms with Crippen molar-refractivity contribution in [3.63, 3.8) is 0 Å². The molecule has 2 amide bonds. The number of hydrogen-bond donors (Lipinski definition) is 1. The topological polar surface area (TPSA) is 78.8 Å². The van der Waals surface area contributed by atoms with E-state index < -0.39 is 5.25 Å². The molecule has 0 saturated carbocycles. The average Bonchev–Trinajstić information content (AvgIpc) is 2.99. The van der Waals surface area contributed by atoms with Gasteiger partial charge in [0.2, 0.25) is 11.8 Å². The Balaban J connectivity index is 1.76. The Hall–Kier alpha value is -2.90. The van der Waals surface area contributed by atoms with Crippen molar-refractivity contribution in [1.82, 2.24) is 4.90 Å². The van der Waals surface area contributed by atoms with Gasteiger partial charge in [-0.05, 0) is 49.7 Å². The molecule has 8 heteroatoms. The van der Waals surface area contributed by atoms with Crippen LogP contribution in [0.25, 0.3) is 0 Å². The van der Waals surface area contributed by atoms with Gasteiger partial charge in [0.05, 0.1) is 5.69 Å². The maximum atomic E-state index is 12.9. The molecule has 1 saturated heterocycles. The standard InChI is InChI=1S/C23H22ClN3O3S/c1-4-10-27-22(30)20(31-23(27)26-19-9-8-17(24)11-14(19)2)13-21(29)25-18-7-5-6-16(12-18)15(3)28/h4-9,11-12,20H,1,10,13H2,2-3H3,(H,25,29)/t20-/m1/s1. The highest BCUT2D eigenvalue weighted by Crippen LogP contribution is 2.33. The highest BCUT2D eigenvalue weighted by Gasteiger charge is 2.38. The van der Waals surface area contributed by atoms with Crippen LogP contribution in [-0.4, -0.2) is 39.5 Å². The van der Waals surface area contributed by atoms with Crippen molar-refractivity contribution in [2.45, 2.75) is 25.5 Å². The number of ketones is 1. The van der Waals surface area contributed by atoms with E-state index in [0.717, 1.165) is 5.56 Å². The van der Waals surface area contributed by atoms with Crippen LogP contribution in [0.15, 0.2) is 60.1 Å². The second-order valence-electron chi connectivity index (χ2n) is 7.06. The number of amidine groups is 1. The summed E-state index contributed by atoms with van der Waals surface area (Å²) in [7, 11) is 0. The Kier molecular flexibility index (Phi) is 7.30. The molecule has 6 nitrogen and oxygen atoms in total. The van der Waals surface area contributed by atoms with Gasteiger partial charge < -0.3 is 5.32 Å². The zero-order valence-electron chi connectivity index (χ0n) is 17.2. The van der Waals surface area contributed by atoms with Gasteiger partial charge in [0.15, 0.2) is 11.0 Å². The number of nitrogens with zero attached hydrogens (tertiary/aromatic N) is 2. The Morgan fingerprint density at radius 1 is 1.29 bits per heavy atom. The second-order valence-corrected chi connectivity index (χ2v) is 8.66. The van der Waals surface area contributed by atoms with Gasteiger partial charge in [-0.25, -0.2) is 4.99 Å². The fraction of sp³-hybridized carbons (Fsp3) is 0.217. The van der Waals surface area contributed by atoms with Crippen molar-refractivity contribution in [1.29, 1.82) is 0 Å². The number of amides is 2. The Bertz CT molecular complexity index is 1080. The lowest BCUT2D eigenvalue weighted by Crippen LogP contribution is -2.33. The third kappa shape index (κ3) is 5.62. The molecule has 1 atom stereocenters. The van der Waals surface area contributed by atoms with Crippen molar-refractivity contribution in [2.75, 3.05) is 11.9 Å². The maximum absolute atomic E-state index is 12.9. The number of Topliss-reactive ketones (excluding diaryl/α,β-unsaturated/α-hetero) is 1. The van der Waals surface area contributed by atoms with E-state index >= 15 is 0 Å². The van der Waals surface area contributed by atoms with Crippen LogP contribution in [0, 0.1) is 6.92 Å². The quantitative estimate of drug-likeness (QED) is 0.470. The van der Waals surface area contributed by atoms with Crippen LogP contribution in [0.3, 0.4) is 0 Å². The summed E-state index contributed by atoms with van der Waals surface area (Å²) in [4.78, 5) is 43.2. The van der Waals surface area contributed by atoms with Crippen LogP contribution in [0.5, 0.6) is 0 Å². The average molecular weight is 456 g/mol. The number of benzene rings is 2. The van der Waals surface area contributed by atoms with Crippen molar-refractivity contribution < 1.29 is 14.4 Å². The summed E-state index contributed by atoms with van der Waals surface area (Å²) in [6.07, 6.45) is 1.61. The molecule has 2 aromatic carbocycles. The number of carbonyl (C=O) groups is 3. The minimum absolute atomic E-state index is 0.0138. The van der Waals surface area contributed by atoms with Gasteiger partial charge in [-0.2, -0.15) is 0 Å². The predicted molar refractivity (Wildman–Crippen MR) is 126 cm³/mol. The fourth-order valence-electron chi connectivity index (χ4n) is 3.07. The minimum atomic E-state index is -0.595. The van der Waals surface area contributed by atoms with Gasteiger partial charge in [-0.3, -0.25) is 19.3 Å². The van der Waals surface area contributed by atoms with E-state index in [2.05, 4.69) is 16.9 Å². The summed E-state index contributed by atoms with van der Waals surface area (Å²) in [5.74, 6) is -0.590. The number of hydrogen-bond acceptors (Lipinski definition) is 5. The molecule has 1 fully saturated rings. The van der Waals surface area contributed by atoms with Crippen LogP contribution in [0.4, 0.5) is 11.4 Å². The third-order valence-electron chi connectivity index (χ3n) is 4.63. The molecule has 0 radical (unpaired) electrons. The summed E-state index contributed by atoms with van der Waals surface area (Å²) < 4.78 is 0. The molecule has 0 bridgehead atoms. The van der Waals surface area contributed by atoms with E-state index in [-0.39, 0.29) is 24.0 Å². The molecular formula is C23H22ClN3O3S. The lowest BCUT2D eigenvalue weighted by molar-refractivity contribution is -0.127. The third-order valence-corrected chi connectivity index (χ3v) is 6.04. The molecule has 1 heterocycles. The molecule has 31 heavy (non-hydrogen) atoms. The first kappa shape index (κ1) is 22.8. The predicted octanol–water partition coefficient (Wildman–Crippen LogP) is 5.00. The van der Waals surface area contributed by atoms with Gasteiger partial charge in [-0.15, -0.1) is 6.58 Å². The van der Waals surface area contributed by atoms with Crippen LogP contribution < -0.4 is 5.32 Å². The first-order valence-electron chi connectivity index (χ1n) is 9.63. The number of rotatable bonds is 7. The number of anilines is 1. The number of nitrogens with one attached hydrogen (secondary N) is 1. The van der Waals surface area contributed by atoms with E-state index in [1.165, 1.54) is 23.6 Å². The van der Waals surface area contributed by atoms with Crippen molar-refractivity contribution in [3.8, 4) is 0 Å². The van der Waals surface area contributed by atoms with E-state index in [1.54, 1.807) is 48.5 Å². The second kappa shape index (κ2) is 9.94. The lowest BCUT2D eigenvalue weighted by atomic mass is 10.1. The molecule has 1 aliphatic rings.